The number of nitrogens with zero attached hydrogens (tertiary/aromatic N) is 3. The molecule has 1 aliphatic heterocycles. The van der Waals surface area contributed by atoms with Crippen molar-refractivity contribution in [1.82, 2.24) is 14.1 Å². The molecule has 0 saturated carbocycles. The van der Waals surface area contributed by atoms with E-state index in [0.29, 0.717) is 0 Å². The van der Waals surface area contributed by atoms with Crippen molar-refractivity contribution in [3.05, 3.63) is 152 Å². The zero-order chi connectivity index (χ0) is 26.7. The summed E-state index contributed by atoms with van der Waals surface area (Å²) >= 11 is 0. The molecule has 0 amide bonds. The van der Waals surface area contributed by atoms with Gasteiger partial charge < -0.3 is 9.40 Å². The number of para-hydroxylation sites is 4. The number of rotatable bonds is 3. The molecule has 0 unspecified atom stereocenters. The second-order valence-corrected chi connectivity index (χ2v) is 9.28. The van der Waals surface area contributed by atoms with Gasteiger partial charge in [0.1, 0.15) is 11.3 Å². The van der Waals surface area contributed by atoms with Crippen LogP contribution in [0, 0.1) is 12.1 Å². The van der Waals surface area contributed by atoms with Crippen molar-refractivity contribution in [2.45, 2.75) is 0 Å². The van der Waals surface area contributed by atoms with E-state index in [1.807, 2.05) is 91.0 Å². The van der Waals surface area contributed by atoms with Crippen LogP contribution in [0.1, 0.15) is 0 Å². The first-order valence-corrected chi connectivity index (χ1v) is 13.1. The topological polar surface area (TPSA) is 32.0 Å². The maximum absolute atomic E-state index is 5.95. The van der Waals surface area contributed by atoms with Crippen LogP contribution in [-0.2, 0) is 20.1 Å². The van der Waals surface area contributed by atoms with Gasteiger partial charge in [-0.1, -0.05) is 76.7 Å². The van der Waals surface area contributed by atoms with E-state index in [9.17, 15) is 0 Å². The Morgan fingerprint density at radius 3 is 2.15 bits per heavy atom. The molecule has 2 aromatic heterocycles. The summed E-state index contributed by atoms with van der Waals surface area (Å²) in [4.78, 5) is 4.22. The molecule has 1 radical (unpaired) electrons. The molecule has 0 N–H and O–H groups in total. The van der Waals surface area contributed by atoms with Crippen LogP contribution < -0.4 is 9.15 Å². The van der Waals surface area contributed by atoms with Crippen molar-refractivity contribution in [2.24, 2.45) is 0 Å². The van der Waals surface area contributed by atoms with Crippen LogP contribution in [0.4, 0.5) is 22.7 Å². The van der Waals surface area contributed by atoms with E-state index in [0.717, 1.165) is 55.9 Å². The minimum atomic E-state index is 0. The van der Waals surface area contributed by atoms with Crippen molar-refractivity contribution in [3.8, 4) is 11.3 Å². The third-order valence-electron chi connectivity index (χ3n) is 6.76. The first-order valence-electron chi connectivity index (χ1n) is 13.1. The number of pyridine rings is 1. The van der Waals surface area contributed by atoms with E-state index in [2.05, 4.69) is 74.7 Å². The summed E-state index contributed by atoms with van der Waals surface area (Å²) in [5.41, 5.74) is 7.93. The maximum Gasteiger partial charge on any atom is 0.501 e. The van der Waals surface area contributed by atoms with Crippen LogP contribution in [0.15, 0.2) is 144 Å². The molecule has 41 heavy (non-hydrogen) atoms. The van der Waals surface area contributed by atoms with Crippen molar-refractivity contribution in [1.29, 1.82) is 0 Å². The molecule has 5 aromatic carbocycles. The second-order valence-electron chi connectivity index (χ2n) is 9.28. The molecule has 1 aliphatic rings. The SMILES string of the molecule is C1=[N+](c2[c-]cc3oc4ccccc4c3c2)c2ccccc2[N+]=1c1ccccc1.[Ir].[c-]1ccccc1-c1ccccn1. The smallest absolute Gasteiger partial charge is 0.501 e. The van der Waals surface area contributed by atoms with Crippen LogP contribution >= 0.6 is 0 Å². The van der Waals surface area contributed by atoms with Gasteiger partial charge in [0.2, 0.25) is 5.69 Å². The first-order chi connectivity index (χ1) is 19.8. The molecule has 197 valence electrons. The maximum atomic E-state index is 5.95. The van der Waals surface area contributed by atoms with E-state index in [1.165, 1.54) is 0 Å². The monoisotopic (exact) mass is 706 g/mol. The Hall–Kier alpha value is -4.92. The quantitative estimate of drug-likeness (QED) is 0.136. The molecule has 0 aliphatic carbocycles. The Balaban J connectivity index is 0.000000196. The molecule has 0 atom stereocenters. The Kier molecular flexibility index (Phi) is 7.49. The number of aromatic nitrogens is 1. The number of hydrogen-bond donors (Lipinski definition) is 0. The van der Waals surface area contributed by atoms with Crippen molar-refractivity contribution < 1.29 is 24.5 Å². The summed E-state index contributed by atoms with van der Waals surface area (Å²) in [5, 5.41) is 2.20. The van der Waals surface area contributed by atoms with Crippen molar-refractivity contribution in [2.75, 3.05) is 0 Å². The minimum Gasteiger partial charge on any atom is -0.516 e. The van der Waals surface area contributed by atoms with Gasteiger partial charge in [-0.05, 0) is 22.4 Å². The molecule has 4 nitrogen and oxygen atoms in total. The Labute approximate surface area is 251 Å². The molecule has 5 heteroatoms. The molecule has 3 heterocycles. The first kappa shape index (κ1) is 26.3. The molecule has 0 spiro atoms. The second kappa shape index (κ2) is 11.7. The Morgan fingerprint density at radius 2 is 1.37 bits per heavy atom. The zero-order valence-electron chi connectivity index (χ0n) is 21.9. The molecule has 0 saturated heterocycles. The van der Waals surface area contributed by atoms with Crippen LogP contribution in [0.5, 0.6) is 0 Å². The number of furan rings is 1. The molecule has 7 aromatic rings. The molecule has 8 rings (SSSR count). The number of hydrogen-bond acceptors (Lipinski definition) is 2. The van der Waals surface area contributed by atoms with Crippen molar-refractivity contribution >= 4 is 50.7 Å². The van der Waals surface area contributed by atoms with Crippen LogP contribution in [0.2, 0.25) is 0 Å². The third-order valence-corrected chi connectivity index (χ3v) is 6.76. The van der Waals surface area contributed by atoms with Crippen molar-refractivity contribution in [3.63, 3.8) is 0 Å². The number of fused-ring (bicyclic) bond motifs is 4. The average Bonchev–Trinajstić information content (AvgIpc) is 3.61. The van der Waals surface area contributed by atoms with E-state index < -0.39 is 0 Å². The van der Waals surface area contributed by atoms with Crippen LogP contribution in [-0.4, -0.2) is 11.0 Å². The average molecular weight is 706 g/mol. The molecule has 0 bridgehead atoms. The van der Waals surface area contributed by atoms with Gasteiger partial charge in [-0.2, -0.15) is 0 Å². The van der Waals surface area contributed by atoms with Gasteiger partial charge in [0.05, 0.1) is 0 Å². The van der Waals surface area contributed by atoms with Gasteiger partial charge in [-0.25, -0.2) is 0 Å². The summed E-state index contributed by atoms with van der Waals surface area (Å²) < 4.78 is 10.1. The molecule has 0 fully saturated rings. The zero-order valence-corrected chi connectivity index (χ0v) is 24.3. The predicted octanol–water partition coefficient (Wildman–Crippen LogP) is 8.79. The molecular weight excluding hydrogens is 683 g/mol. The van der Waals surface area contributed by atoms with E-state index in [-0.39, 0.29) is 20.1 Å². The van der Waals surface area contributed by atoms with Gasteiger partial charge in [0.25, 0.3) is 11.4 Å². The van der Waals surface area contributed by atoms with Crippen LogP contribution in [0.25, 0.3) is 33.2 Å². The van der Waals surface area contributed by atoms with Crippen LogP contribution in [0.3, 0.4) is 0 Å². The Morgan fingerprint density at radius 1 is 0.634 bits per heavy atom. The fourth-order valence-corrected chi connectivity index (χ4v) is 4.87. The van der Waals surface area contributed by atoms with Gasteiger partial charge in [-0.15, -0.1) is 48.0 Å². The van der Waals surface area contributed by atoms with E-state index in [4.69, 9.17) is 4.42 Å². The molecular formula is C36H23IrN3O. The largest absolute Gasteiger partial charge is 0.516 e. The number of benzene rings is 5. The Bertz CT molecular complexity index is 1990. The standard InChI is InChI=1S/C25H15N2O.C11H8N.Ir/c1-2-8-18(9-3-1)26-17-27(23-12-6-5-11-22(23)26)19-14-15-25-21(16-19)20-10-4-7-13-24(20)28-25;1-2-6-10(7-3-1)11-8-4-5-9-12-11;/h1-13,15-16H;1-6,8-9H;/q+1;-1;. The summed E-state index contributed by atoms with van der Waals surface area (Å²) in [7, 11) is 0. The summed E-state index contributed by atoms with van der Waals surface area (Å²) in [6.45, 7) is 0. The fraction of sp³-hybridized carbons (Fsp3) is 0. The van der Waals surface area contributed by atoms with Gasteiger partial charge in [0, 0.05) is 61.5 Å². The summed E-state index contributed by atoms with van der Waals surface area (Å²) in [5.74, 6) is 0. The van der Waals surface area contributed by atoms with Gasteiger partial charge >= 0.3 is 6.01 Å². The third kappa shape index (κ3) is 5.18. The minimum absolute atomic E-state index is 0. The summed E-state index contributed by atoms with van der Waals surface area (Å²) in [6.07, 6.45) is 1.79. The van der Waals surface area contributed by atoms with E-state index in [1.54, 1.807) is 6.20 Å². The fourth-order valence-electron chi connectivity index (χ4n) is 4.87. The summed E-state index contributed by atoms with van der Waals surface area (Å²) in [6, 6.07) is 54.4. The van der Waals surface area contributed by atoms with Gasteiger partial charge in [0.15, 0.2) is 0 Å². The van der Waals surface area contributed by atoms with E-state index >= 15 is 0 Å². The normalized spacial score (nSPS) is 11.6. The van der Waals surface area contributed by atoms with Gasteiger partial charge in [-0.3, -0.25) is 0 Å². The predicted molar refractivity (Wildman–Crippen MR) is 162 cm³/mol.